The van der Waals surface area contributed by atoms with Crippen molar-refractivity contribution in [3.8, 4) is 0 Å². The lowest BCUT2D eigenvalue weighted by molar-refractivity contribution is -0.153. The van der Waals surface area contributed by atoms with Crippen LogP contribution in [-0.2, 0) is 9.59 Å². The van der Waals surface area contributed by atoms with E-state index < -0.39 is 23.8 Å². The molecule has 0 aliphatic heterocycles. The highest BCUT2D eigenvalue weighted by Gasteiger charge is 2.28. The van der Waals surface area contributed by atoms with Gasteiger partial charge in [0.15, 0.2) is 0 Å². The number of unbranched alkanes of at least 4 members (excludes halogenated alkanes) is 1. The lowest BCUT2D eigenvalue weighted by Gasteiger charge is -2.15. The molecule has 0 aromatic carbocycles. The molecular weight excluding hydrogens is 172 g/mol. The molecular formula is C9H16O4. The van der Waals surface area contributed by atoms with Crippen molar-refractivity contribution in [2.75, 3.05) is 0 Å². The third-order valence-electron chi connectivity index (χ3n) is 2.18. The van der Waals surface area contributed by atoms with Gasteiger partial charge in [-0.15, -0.1) is 0 Å². The van der Waals surface area contributed by atoms with Gasteiger partial charge in [0.2, 0.25) is 0 Å². The van der Waals surface area contributed by atoms with E-state index in [9.17, 15) is 9.59 Å². The Hall–Kier alpha value is -1.06. The average Bonchev–Trinajstić information content (AvgIpc) is 2.04. The molecule has 0 saturated heterocycles. The van der Waals surface area contributed by atoms with Crippen LogP contribution in [0.1, 0.15) is 33.1 Å². The number of aliphatic carboxylic acids is 2. The second-order valence-corrected chi connectivity index (χ2v) is 3.21. The van der Waals surface area contributed by atoms with Gasteiger partial charge in [-0.3, -0.25) is 9.59 Å². The third-order valence-corrected chi connectivity index (χ3v) is 2.18. The summed E-state index contributed by atoms with van der Waals surface area (Å²) in [5, 5.41) is 17.4. The summed E-state index contributed by atoms with van der Waals surface area (Å²) in [5.74, 6) is -3.60. The number of carboxylic acids is 2. The number of hydrogen-bond donors (Lipinski definition) is 2. The first-order valence-corrected chi connectivity index (χ1v) is 4.46. The van der Waals surface area contributed by atoms with Crippen molar-refractivity contribution < 1.29 is 19.8 Å². The van der Waals surface area contributed by atoms with Crippen molar-refractivity contribution in [3.63, 3.8) is 0 Å². The summed E-state index contributed by atoms with van der Waals surface area (Å²) in [6.45, 7) is 3.39. The minimum Gasteiger partial charge on any atom is -0.481 e. The maximum atomic E-state index is 10.7. The first kappa shape index (κ1) is 11.9. The Morgan fingerprint density at radius 2 is 1.77 bits per heavy atom. The minimum atomic E-state index is -1.04. The molecule has 76 valence electrons. The lowest BCUT2D eigenvalue weighted by atomic mass is 9.89. The molecule has 13 heavy (non-hydrogen) atoms. The molecule has 0 aliphatic rings. The van der Waals surface area contributed by atoms with E-state index in [0.717, 1.165) is 12.8 Å². The molecule has 2 atom stereocenters. The van der Waals surface area contributed by atoms with Crippen molar-refractivity contribution in [2.24, 2.45) is 11.8 Å². The van der Waals surface area contributed by atoms with Crippen LogP contribution >= 0.6 is 0 Å². The number of carbonyl (C=O) groups is 2. The molecule has 0 aromatic rings. The average molecular weight is 188 g/mol. The molecule has 0 aromatic heterocycles. The Morgan fingerprint density at radius 1 is 1.23 bits per heavy atom. The van der Waals surface area contributed by atoms with Crippen LogP contribution in [-0.4, -0.2) is 22.2 Å². The predicted molar refractivity (Wildman–Crippen MR) is 47.5 cm³/mol. The molecule has 0 heterocycles. The van der Waals surface area contributed by atoms with Crippen LogP contribution in [0.2, 0.25) is 0 Å². The summed E-state index contributed by atoms with van der Waals surface area (Å²) in [6.07, 6.45) is 2.09. The maximum absolute atomic E-state index is 10.7. The maximum Gasteiger partial charge on any atom is 0.307 e. The number of carboxylic acid groups (broad SMARTS) is 2. The van der Waals surface area contributed by atoms with Crippen LogP contribution in [0.15, 0.2) is 0 Å². The molecule has 4 heteroatoms. The summed E-state index contributed by atoms with van der Waals surface area (Å²) in [4.78, 5) is 21.2. The molecule has 0 unspecified atom stereocenters. The Kier molecular flexibility index (Phi) is 5.11. The van der Waals surface area contributed by atoms with Crippen molar-refractivity contribution in [1.29, 1.82) is 0 Å². The molecule has 0 spiro atoms. The normalized spacial score (nSPS) is 14.9. The van der Waals surface area contributed by atoms with Gasteiger partial charge in [0.05, 0.1) is 11.8 Å². The molecule has 0 bridgehead atoms. The van der Waals surface area contributed by atoms with Crippen LogP contribution in [0.5, 0.6) is 0 Å². The first-order chi connectivity index (χ1) is 6.00. The molecule has 0 saturated carbocycles. The quantitative estimate of drug-likeness (QED) is 0.663. The van der Waals surface area contributed by atoms with Crippen LogP contribution < -0.4 is 0 Å². The molecule has 0 amide bonds. The van der Waals surface area contributed by atoms with Gasteiger partial charge in [-0.2, -0.15) is 0 Å². The standard InChI is InChI=1S/C9H16O4/c1-3-4-5-7(9(12)13)6(2)8(10)11/h6-7H,3-5H2,1-2H3,(H,10,11)(H,12,13)/t6-,7+/m1/s1. The number of hydrogen-bond acceptors (Lipinski definition) is 2. The van der Waals surface area contributed by atoms with Crippen molar-refractivity contribution in [3.05, 3.63) is 0 Å². The predicted octanol–water partition coefficient (Wildman–Crippen LogP) is 1.60. The molecule has 0 rings (SSSR count). The highest BCUT2D eigenvalue weighted by atomic mass is 16.4. The summed E-state index contributed by atoms with van der Waals surface area (Å²) in [5.41, 5.74) is 0. The van der Waals surface area contributed by atoms with Crippen molar-refractivity contribution in [2.45, 2.75) is 33.1 Å². The molecule has 2 N–H and O–H groups in total. The van der Waals surface area contributed by atoms with Crippen molar-refractivity contribution >= 4 is 11.9 Å². The fourth-order valence-corrected chi connectivity index (χ4v) is 1.18. The smallest absolute Gasteiger partial charge is 0.307 e. The van der Waals surface area contributed by atoms with Crippen LogP contribution in [0.4, 0.5) is 0 Å². The summed E-state index contributed by atoms with van der Waals surface area (Å²) in [7, 11) is 0. The van der Waals surface area contributed by atoms with E-state index in [-0.39, 0.29) is 0 Å². The summed E-state index contributed by atoms with van der Waals surface area (Å²) >= 11 is 0. The minimum absolute atomic E-state index is 0.444. The SMILES string of the molecule is CCCC[C@H](C(=O)O)[C@@H](C)C(=O)O. The van der Waals surface area contributed by atoms with E-state index in [1.165, 1.54) is 6.92 Å². The summed E-state index contributed by atoms with van der Waals surface area (Å²) < 4.78 is 0. The van der Waals surface area contributed by atoms with Gasteiger partial charge in [0.25, 0.3) is 0 Å². The Bertz CT molecular complexity index is 188. The topological polar surface area (TPSA) is 74.6 Å². The van der Waals surface area contributed by atoms with Gasteiger partial charge < -0.3 is 10.2 Å². The van der Waals surface area contributed by atoms with E-state index in [1.54, 1.807) is 0 Å². The molecule has 0 radical (unpaired) electrons. The Morgan fingerprint density at radius 3 is 2.08 bits per heavy atom. The fraction of sp³-hybridized carbons (Fsp3) is 0.778. The third kappa shape index (κ3) is 3.92. The molecule has 4 nitrogen and oxygen atoms in total. The Labute approximate surface area is 77.6 Å². The van der Waals surface area contributed by atoms with Gasteiger partial charge in [-0.1, -0.05) is 26.7 Å². The lowest BCUT2D eigenvalue weighted by Crippen LogP contribution is -2.27. The highest BCUT2D eigenvalue weighted by molar-refractivity contribution is 5.79. The van der Waals surface area contributed by atoms with E-state index in [1.807, 2.05) is 6.92 Å². The fourth-order valence-electron chi connectivity index (χ4n) is 1.18. The largest absolute Gasteiger partial charge is 0.481 e. The van der Waals surface area contributed by atoms with Crippen LogP contribution in [0.3, 0.4) is 0 Å². The number of rotatable bonds is 6. The Balaban J connectivity index is 4.24. The molecule has 0 aliphatic carbocycles. The van der Waals surface area contributed by atoms with Crippen LogP contribution in [0, 0.1) is 11.8 Å². The van der Waals surface area contributed by atoms with E-state index >= 15 is 0 Å². The van der Waals surface area contributed by atoms with Gasteiger partial charge in [-0.25, -0.2) is 0 Å². The second-order valence-electron chi connectivity index (χ2n) is 3.21. The van der Waals surface area contributed by atoms with E-state index in [0.29, 0.717) is 6.42 Å². The van der Waals surface area contributed by atoms with Gasteiger partial charge in [-0.05, 0) is 6.42 Å². The first-order valence-electron chi connectivity index (χ1n) is 4.46. The van der Waals surface area contributed by atoms with Gasteiger partial charge in [0.1, 0.15) is 0 Å². The van der Waals surface area contributed by atoms with Crippen molar-refractivity contribution in [1.82, 2.24) is 0 Å². The van der Waals surface area contributed by atoms with Crippen LogP contribution in [0.25, 0.3) is 0 Å². The molecule has 0 fully saturated rings. The van der Waals surface area contributed by atoms with Gasteiger partial charge >= 0.3 is 11.9 Å². The monoisotopic (exact) mass is 188 g/mol. The zero-order valence-corrected chi connectivity index (χ0v) is 7.99. The zero-order chi connectivity index (χ0) is 10.4. The highest BCUT2D eigenvalue weighted by Crippen LogP contribution is 2.19. The van der Waals surface area contributed by atoms with E-state index in [2.05, 4.69) is 0 Å². The van der Waals surface area contributed by atoms with Gasteiger partial charge in [0, 0.05) is 0 Å². The van der Waals surface area contributed by atoms with E-state index in [4.69, 9.17) is 10.2 Å². The summed E-state index contributed by atoms with van der Waals surface area (Å²) in [6, 6.07) is 0. The second kappa shape index (κ2) is 5.56. The zero-order valence-electron chi connectivity index (χ0n) is 7.99.